The van der Waals surface area contributed by atoms with Gasteiger partial charge >= 0.3 is 0 Å². The van der Waals surface area contributed by atoms with E-state index in [0.717, 1.165) is 12.1 Å². The van der Waals surface area contributed by atoms with Gasteiger partial charge in [-0.15, -0.1) is 0 Å². The van der Waals surface area contributed by atoms with Crippen LogP contribution in [-0.2, 0) is 19.3 Å². The summed E-state index contributed by atoms with van der Waals surface area (Å²) in [5.74, 6) is 0. The molecule has 1 heterocycles. The Labute approximate surface area is 115 Å². The summed E-state index contributed by atoms with van der Waals surface area (Å²) < 4.78 is 0. The molecule has 1 aromatic heterocycles. The van der Waals surface area contributed by atoms with Crippen molar-refractivity contribution in [1.82, 2.24) is 4.98 Å². The Morgan fingerprint density at radius 2 is 1.89 bits per heavy atom. The van der Waals surface area contributed by atoms with E-state index < -0.39 is 0 Å². The van der Waals surface area contributed by atoms with Crippen LogP contribution in [0.5, 0.6) is 0 Å². The molecule has 0 spiro atoms. The Bertz CT molecular complexity index is 519. The summed E-state index contributed by atoms with van der Waals surface area (Å²) in [4.78, 5) is 4.39. The summed E-state index contributed by atoms with van der Waals surface area (Å²) in [7, 11) is 0. The predicted molar refractivity (Wildman–Crippen MR) is 78.2 cm³/mol. The summed E-state index contributed by atoms with van der Waals surface area (Å²) in [6.07, 6.45) is 3.82. The highest BCUT2D eigenvalue weighted by Gasteiger charge is 2.09. The number of aliphatic hydroxyl groups is 1. The first kappa shape index (κ1) is 13.8. The van der Waals surface area contributed by atoms with Gasteiger partial charge in [-0.25, -0.2) is 0 Å². The first-order valence-corrected chi connectivity index (χ1v) is 6.85. The third kappa shape index (κ3) is 3.90. The van der Waals surface area contributed by atoms with Gasteiger partial charge in [0.2, 0.25) is 0 Å². The van der Waals surface area contributed by atoms with Crippen LogP contribution in [-0.4, -0.2) is 16.2 Å². The maximum absolute atomic E-state index is 10.2. The highest BCUT2D eigenvalue weighted by Crippen LogP contribution is 2.12. The van der Waals surface area contributed by atoms with Gasteiger partial charge in [0.1, 0.15) is 0 Å². The average Bonchev–Trinajstić information content (AvgIpc) is 2.42. The zero-order valence-corrected chi connectivity index (χ0v) is 11.6. The minimum atomic E-state index is -0.374. The largest absolute Gasteiger partial charge is 0.392 e. The number of hydrogen-bond donors (Lipinski definition) is 1. The molecular weight excluding hydrogens is 234 g/mol. The number of hydrogen-bond acceptors (Lipinski definition) is 2. The van der Waals surface area contributed by atoms with E-state index in [-0.39, 0.29) is 6.10 Å². The van der Waals surface area contributed by atoms with Crippen LogP contribution < -0.4 is 0 Å². The third-order valence-corrected chi connectivity index (χ3v) is 3.46. The zero-order valence-electron chi connectivity index (χ0n) is 11.6. The van der Waals surface area contributed by atoms with Crippen molar-refractivity contribution in [2.75, 3.05) is 0 Å². The first-order valence-electron chi connectivity index (χ1n) is 6.85. The topological polar surface area (TPSA) is 33.1 Å². The van der Waals surface area contributed by atoms with Gasteiger partial charge in [0.25, 0.3) is 0 Å². The van der Waals surface area contributed by atoms with Crippen molar-refractivity contribution in [3.05, 3.63) is 65.0 Å². The molecule has 1 N–H and O–H groups in total. The second kappa shape index (κ2) is 6.48. The van der Waals surface area contributed by atoms with E-state index in [9.17, 15) is 5.11 Å². The van der Waals surface area contributed by atoms with E-state index in [0.29, 0.717) is 12.8 Å². The van der Waals surface area contributed by atoms with Gasteiger partial charge in [-0.3, -0.25) is 4.98 Å². The van der Waals surface area contributed by atoms with Crippen molar-refractivity contribution in [3.8, 4) is 0 Å². The highest BCUT2D eigenvalue weighted by molar-refractivity contribution is 5.26. The minimum Gasteiger partial charge on any atom is -0.392 e. The standard InChI is InChI=1S/C17H21NO/c1-3-14-8-9-16(18-12-14)11-17(19)10-15-7-5-4-6-13(15)2/h4-9,12,17,19H,3,10-11H2,1-2H3. The molecule has 0 aliphatic carbocycles. The summed E-state index contributed by atoms with van der Waals surface area (Å²) in [6, 6.07) is 12.3. The molecule has 19 heavy (non-hydrogen) atoms. The smallest absolute Gasteiger partial charge is 0.0636 e. The molecule has 0 saturated carbocycles. The Morgan fingerprint density at radius 1 is 1.11 bits per heavy atom. The van der Waals surface area contributed by atoms with Crippen LogP contribution in [0.1, 0.15) is 29.3 Å². The van der Waals surface area contributed by atoms with Crippen molar-refractivity contribution in [3.63, 3.8) is 0 Å². The maximum atomic E-state index is 10.2. The van der Waals surface area contributed by atoms with E-state index in [1.165, 1.54) is 16.7 Å². The number of aromatic nitrogens is 1. The van der Waals surface area contributed by atoms with Crippen molar-refractivity contribution >= 4 is 0 Å². The van der Waals surface area contributed by atoms with E-state index >= 15 is 0 Å². The van der Waals surface area contributed by atoms with Crippen molar-refractivity contribution < 1.29 is 5.11 Å². The SMILES string of the molecule is CCc1ccc(CC(O)Cc2ccccc2C)nc1. The molecule has 1 aromatic carbocycles. The monoisotopic (exact) mass is 255 g/mol. The van der Waals surface area contributed by atoms with Crippen LogP contribution in [0.3, 0.4) is 0 Å². The quantitative estimate of drug-likeness (QED) is 0.890. The minimum absolute atomic E-state index is 0.374. The molecule has 0 aliphatic heterocycles. The van der Waals surface area contributed by atoms with Gasteiger partial charge in [0.05, 0.1) is 6.10 Å². The van der Waals surface area contributed by atoms with Gasteiger partial charge in [-0.05, 0) is 42.5 Å². The fraction of sp³-hybridized carbons (Fsp3) is 0.353. The summed E-state index contributed by atoms with van der Waals surface area (Å²) >= 11 is 0. The molecule has 0 saturated heterocycles. The van der Waals surface area contributed by atoms with Crippen LogP contribution in [0.2, 0.25) is 0 Å². The Morgan fingerprint density at radius 3 is 2.53 bits per heavy atom. The zero-order chi connectivity index (χ0) is 13.7. The van der Waals surface area contributed by atoms with E-state index in [1.807, 2.05) is 24.4 Å². The molecule has 1 atom stereocenters. The normalized spacial score (nSPS) is 12.4. The van der Waals surface area contributed by atoms with Crippen LogP contribution in [0, 0.1) is 6.92 Å². The van der Waals surface area contributed by atoms with Crippen LogP contribution >= 0.6 is 0 Å². The molecule has 2 aromatic rings. The van der Waals surface area contributed by atoms with Gasteiger partial charge in [-0.2, -0.15) is 0 Å². The molecule has 0 fully saturated rings. The molecule has 2 rings (SSSR count). The summed E-state index contributed by atoms with van der Waals surface area (Å²) in [5, 5.41) is 10.2. The van der Waals surface area contributed by atoms with Gasteiger partial charge < -0.3 is 5.11 Å². The lowest BCUT2D eigenvalue weighted by molar-refractivity contribution is 0.174. The van der Waals surface area contributed by atoms with Crippen molar-refractivity contribution in [2.24, 2.45) is 0 Å². The molecule has 2 heteroatoms. The van der Waals surface area contributed by atoms with E-state index in [2.05, 4.69) is 37.0 Å². The van der Waals surface area contributed by atoms with E-state index in [1.54, 1.807) is 0 Å². The summed E-state index contributed by atoms with van der Waals surface area (Å²) in [6.45, 7) is 4.19. The molecule has 2 nitrogen and oxygen atoms in total. The average molecular weight is 255 g/mol. The fourth-order valence-corrected chi connectivity index (χ4v) is 2.19. The number of rotatable bonds is 5. The molecular formula is C17H21NO. The molecule has 0 aliphatic rings. The number of aryl methyl sites for hydroxylation is 2. The molecule has 1 unspecified atom stereocenters. The lowest BCUT2D eigenvalue weighted by Gasteiger charge is -2.12. The lowest BCUT2D eigenvalue weighted by atomic mass is 10.00. The number of benzene rings is 1. The summed E-state index contributed by atoms with van der Waals surface area (Å²) in [5.41, 5.74) is 4.63. The van der Waals surface area contributed by atoms with Gasteiger partial charge in [-0.1, -0.05) is 37.3 Å². The Kier molecular flexibility index (Phi) is 4.69. The molecule has 0 amide bonds. The second-order valence-electron chi connectivity index (χ2n) is 5.00. The van der Waals surface area contributed by atoms with Crippen molar-refractivity contribution in [1.29, 1.82) is 0 Å². The van der Waals surface area contributed by atoms with E-state index in [4.69, 9.17) is 0 Å². The Hall–Kier alpha value is -1.67. The first-order chi connectivity index (χ1) is 9.19. The van der Waals surface area contributed by atoms with Crippen LogP contribution in [0.15, 0.2) is 42.6 Å². The van der Waals surface area contributed by atoms with Crippen LogP contribution in [0.4, 0.5) is 0 Å². The lowest BCUT2D eigenvalue weighted by Crippen LogP contribution is -2.15. The second-order valence-corrected chi connectivity index (χ2v) is 5.00. The van der Waals surface area contributed by atoms with Crippen molar-refractivity contribution in [2.45, 2.75) is 39.2 Å². The highest BCUT2D eigenvalue weighted by atomic mass is 16.3. The number of nitrogens with zero attached hydrogens (tertiary/aromatic N) is 1. The fourth-order valence-electron chi connectivity index (χ4n) is 2.19. The van der Waals surface area contributed by atoms with Gasteiger partial charge in [0.15, 0.2) is 0 Å². The molecule has 0 radical (unpaired) electrons. The number of pyridine rings is 1. The Balaban J connectivity index is 1.97. The third-order valence-electron chi connectivity index (χ3n) is 3.46. The molecule has 100 valence electrons. The van der Waals surface area contributed by atoms with Gasteiger partial charge in [0, 0.05) is 18.3 Å². The maximum Gasteiger partial charge on any atom is 0.0636 e. The predicted octanol–water partition coefficient (Wildman–Crippen LogP) is 3.10. The van der Waals surface area contributed by atoms with Crippen LogP contribution in [0.25, 0.3) is 0 Å². The molecule has 0 bridgehead atoms. The number of aliphatic hydroxyl groups excluding tert-OH is 1.